The first-order chi connectivity index (χ1) is 16.1. The van der Waals surface area contributed by atoms with Gasteiger partial charge in [-0.2, -0.15) is 0 Å². The van der Waals surface area contributed by atoms with Gasteiger partial charge in [0.2, 0.25) is 5.91 Å². The molecule has 2 aromatic carbocycles. The van der Waals surface area contributed by atoms with E-state index < -0.39 is 0 Å². The van der Waals surface area contributed by atoms with Crippen molar-refractivity contribution in [3.63, 3.8) is 0 Å². The van der Waals surface area contributed by atoms with Crippen LogP contribution in [0.2, 0.25) is 0 Å². The molecule has 3 aromatic rings. The smallest absolute Gasteiger partial charge is 0.250 e. The molecule has 1 aliphatic rings. The van der Waals surface area contributed by atoms with Crippen LogP contribution < -0.4 is 19.7 Å². The number of fused-ring (bicyclic) bond motifs is 1. The number of nitrogens with zero attached hydrogens (tertiary/aromatic N) is 4. The minimum atomic E-state index is -0.242. The molecular formula is C24H25N5O3S. The van der Waals surface area contributed by atoms with Crippen LogP contribution >= 0.6 is 12.2 Å². The summed E-state index contributed by atoms with van der Waals surface area (Å²) in [5.74, 6) is 1.85. The highest BCUT2D eigenvalue weighted by molar-refractivity contribution is 7.80. The van der Waals surface area contributed by atoms with E-state index in [-0.39, 0.29) is 5.91 Å². The van der Waals surface area contributed by atoms with E-state index in [9.17, 15) is 4.79 Å². The second-order valence-corrected chi connectivity index (χ2v) is 7.82. The van der Waals surface area contributed by atoms with Crippen LogP contribution in [0.5, 0.6) is 11.5 Å². The number of rotatable bonds is 5. The van der Waals surface area contributed by atoms with Crippen molar-refractivity contribution in [2.45, 2.75) is 0 Å². The minimum Gasteiger partial charge on any atom is -0.493 e. The molecule has 0 radical (unpaired) electrons. The van der Waals surface area contributed by atoms with E-state index in [1.54, 1.807) is 26.6 Å². The summed E-state index contributed by atoms with van der Waals surface area (Å²) in [5, 5.41) is 4.11. The molecule has 33 heavy (non-hydrogen) atoms. The first-order valence-corrected chi connectivity index (χ1v) is 10.9. The van der Waals surface area contributed by atoms with Crippen LogP contribution in [0, 0.1) is 0 Å². The molecule has 0 aliphatic carbocycles. The molecule has 1 aromatic heterocycles. The topological polar surface area (TPSA) is 79.8 Å². The Bertz CT molecular complexity index is 1180. The van der Waals surface area contributed by atoms with Gasteiger partial charge in [0.05, 0.1) is 19.7 Å². The second-order valence-electron chi connectivity index (χ2n) is 7.43. The van der Waals surface area contributed by atoms with E-state index in [0.29, 0.717) is 42.8 Å². The highest BCUT2D eigenvalue weighted by Gasteiger charge is 2.23. The summed E-state index contributed by atoms with van der Waals surface area (Å²) < 4.78 is 10.8. The standard InChI is InChI=1S/C24H25N5O3S/c1-31-20-14-18-19(15-21(20)32-2)25-16-26-23(18)28-10-12-29(13-11-28)24(33)27-22(30)9-8-17-6-4-3-5-7-17/h3-9,14-16H,10-13H2,1-2H3,(H,27,30,33). The Morgan fingerprint density at radius 3 is 2.42 bits per heavy atom. The van der Waals surface area contributed by atoms with Crippen molar-refractivity contribution in [2.75, 3.05) is 45.3 Å². The number of carbonyl (C=O) groups is 1. The van der Waals surface area contributed by atoms with Gasteiger partial charge in [0.1, 0.15) is 12.1 Å². The summed E-state index contributed by atoms with van der Waals surface area (Å²) in [6, 6.07) is 13.4. The number of amides is 1. The largest absolute Gasteiger partial charge is 0.493 e. The first kappa shape index (κ1) is 22.5. The lowest BCUT2D eigenvalue weighted by atomic mass is 10.2. The van der Waals surface area contributed by atoms with E-state index in [4.69, 9.17) is 21.7 Å². The summed E-state index contributed by atoms with van der Waals surface area (Å²) in [7, 11) is 3.21. The third-order valence-electron chi connectivity index (χ3n) is 5.44. The molecule has 2 heterocycles. The number of anilines is 1. The molecule has 0 spiro atoms. The van der Waals surface area contributed by atoms with Crippen LogP contribution in [0.3, 0.4) is 0 Å². The Kier molecular flexibility index (Phi) is 6.99. The number of ether oxygens (including phenoxy) is 2. The summed E-state index contributed by atoms with van der Waals surface area (Å²) in [6.07, 6.45) is 4.81. The highest BCUT2D eigenvalue weighted by atomic mass is 32.1. The molecule has 0 unspecified atom stereocenters. The van der Waals surface area contributed by atoms with E-state index in [1.807, 2.05) is 47.4 Å². The van der Waals surface area contributed by atoms with Crippen LogP contribution in [0.4, 0.5) is 5.82 Å². The van der Waals surface area contributed by atoms with Gasteiger partial charge in [0.15, 0.2) is 16.6 Å². The lowest BCUT2D eigenvalue weighted by molar-refractivity contribution is -0.115. The maximum Gasteiger partial charge on any atom is 0.250 e. The van der Waals surface area contributed by atoms with E-state index in [2.05, 4.69) is 20.2 Å². The third kappa shape index (κ3) is 5.20. The molecular weight excluding hydrogens is 438 g/mol. The van der Waals surface area contributed by atoms with Crippen LogP contribution in [-0.2, 0) is 4.79 Å². The van der Waals surface area contributed by atoms with Crippen molar-refractivity contribution in [3.8, 4) is 11.5 Å². The molecule has 1 N–H and O–H groups in total. The molecule has 1 fully saturated rings. The zero-order valence-corrected chi connectivity index (χ0v) is 19.3. The highest BCUT2D eigenvalue weighted by Crippen LogP contribution is 2.34. The second kappa shape index (κ2) is 10.3. The van der Waals surface area contributed by atoms with Gasteiger partial charge in [-0.05, 0) is 29.9 Å². The molecule has 0 atom stereocenters. The number of benzene rings is 2. The van der Waals surface area contributed by atoms with Gasteiger partial charge in [-0.1, -0.05) is 30.3 Å². The SMILES string of the molecule is COc1cc2ncnc(N3CCN(C(=S)NC(=O)C=Cc4ccccc4)CC3)c2cc1OC. The molecule has 0 bridgehead atoms. The number of aromatic nitrogens is 2. The van der Waals surface area contributed by atoms with Gasteiger partial charge in [-0.3, -0.25) is 10.1 Å². The Hall–Kier alpha value is -3.72. The zero-order valence-electron chi connectivity index (χ0n) is 18.5. The number of piperazine rings is 1. The average molecular weight is 464 g/mol. The Balaban J connectivity index is 1.39. The van der Waals surface area contributed by atoms with Gasteiger partial charge >= 0.3 is 0 Å². The van der Waals surface area contributed by atoms with E-state index >= 15 is 0 Å². The lowest BCUT2D eigenvalue weighted by Crippen LogP contribution is -2.52. The average Bonchev–Trinajstić information content (AvgIpc) is 2.87. The number of hydrogen-bond acceptors (Lipinski definition) is 7. The molecule has 8 nitrogen and oxygen atoms in total. The lowest BCUT2D eigenvalue weighted by Gasteiger charge is -2.36. The molecule has 1 amide bonds. The van der Waals surface area contributed by atoms with Crippen molar-refractivity contribution in [3.05, 3.63) is 60.4 Å². The predicted octanol–water partition coefficient (Wildman–Crippen LogP) is 2.88. The van der Waals surface area contributed by atoms with Crippen molar-refractivity contribution in [1.82, 2.24) is 20.2 Å². The summed E-state index contributed by atoms with van der Waals surface area (Å²) in [5.41, 5.74) is 1.74. The molecule has 9 heteroatoms. The Morgan fingerprint density at radius 2 is 1.73 bits per heavy atom. The predicted molar refractivity (Wildman–Crippen MR) is 133 cm³/mol. The minimum absolute atomic E-state index is 0.242. The summed E-state index contributed by atoms with van der Waals surface area (Å²) >= 11 is 5.46. The summed E-state index contributed by atoms with van der Waals surface area (Å²) in [6.45, 7) is 2.74. The summed E-state index contributed by atoms with van der Waals surface area (Å²) in [4.78, 5) is 25.3. The monoisotopic (exact) mass is 463 g/mol. The van der Waals surface area contributed by atoms with Crippen molar-refractivity contribution in [2.24, 2.45) is 0 Å². The van der Waals surface area contributed by atoms with Gasteiger partial charge in [-0.25, -0.2) is 9.97 Å². The van der Waals surface area contributed by atoms with Crippen LogP contribution in [0.15, 0.2) is 54.9 Å². The molecule has 170 valence electrons. The normalized spacial score (nSPS) is 13.9. The van der Waals surface area contributed by atoms with Crippen molar-refractivity contribution < 1.29 is 14.3 Å². The quantitative estimate of drug-likeness (QED) is 0.457. The number of methoxy groups -OCH3 is 2. The van der Waals surface area contributed by atoms with Gasteiger partial charge in [0.25, 0.3) is 0 Å². The maximum absolute atomic E-state index is 12.3. The van der Waals surface area contributed by atoms with E-state index in [1.165, 1.54) is 6.08 Å². The van der Waals surface area contributed by atoms with Gasteiger partial charge < -0.3 is 19.3 Å². The number of carbonyl (C=O) groups excluding carboxylic acids is 1. The fraction of sp³-hybridized carbons (Fsp3) is 0.250. The number of thiocarbonyl (C=S) groups is 1. The van der Waals surface area contributed by atoms with Gasteiger partial charge in [0, 0.05) is 43.7 Å². The van der Waals surface area contributed by atoms with Crippen molar-refractivity contribution in [1.29, 1.82) is 0 Å². The third-order valence-corrected chi connectivity index (χ3v) is 5.80. The Morgan fingerprint density at radius 1 is 1.03 bits per heavy atom. The molecule has 0 saturated carbocycles. The van der Waals surface area contributed by atoms with Crippen LogP contribution in [0.25, 0.3) is 17.0 Å². The molecule has 4 rings (SSSR count). The maximum atomic E-state index is 12.3. The van der Waals surface area contributed by atoms with Crippen molar-refractivity contribution >= 4 is 46.0 Å². The fourth-order valence-electron chi connectivity index (χ4n) is 3.70. The number of hydrogen-bond donors (Lipinski definition) is 1. The van der Waals surface area contributed by atoms with Gasteiger partial charge in [-0.15, -0.1) is 0 Å². The fourth-order valence-corrected chi connectivity index (χ4v) is 3.99. The number of nitrogens with one attached hydrogen (secondary N) is 1. The molecule has 1 aliphatic heterocycles. The van der Waals surface area contributed by atoms with Crippen LogP contribution in [0.1, 0.15) is 5.56 Å². The molecule has 1 saturated heterocycles. The first-order valence-electron chi connectivity index (χ1n) is 10.5. The van der Waals surface area contributed by atoms with Crippen LogP contribution in [-0.4, -0.2) is 66.3 Å². The van der Waals surface area contributed by atoms with E-state index in [0.717, 1.165) is 22.3 Å². The zero-order chi connectivity index (χ0) is 23.2. The Labute approximate surface area is 197 Å².